The van der Waals surface area contributed by atoms with E-state index in [1.165, 1.54) is 25.7 Å². The quantitative estimate of drug-likeness (QED) is 0.872. The van der Waals surface area contributed by atoms with Crippen LogP contribution in [0.4, 0.5) is 5.82 Å². The van der Waals surface area contributed by atoms with Gasteiger partial charge in [0.1, 0.15) is 18.0 Å². The second kappa shape index (κ2) is 6.59. The van der Waals surface area contributed by atoms with Gasteiger partial charge in [0.2, 0.25) is 0 Å². The number of carbonyl (C=O) groups is 1. The second-order valence-corrected chi connectivity index (χ2v) is 6.51. The Hall–Kier alpha value is -2.44. The minimum absolute atomic E-state index is 0.0866. The summed E-state index contributed by atoms with van der Waals surface area (Å²) in [4.78, 5) is 18.9. The van der Waals surface area contributed by atoms with Gasteiger partial charge in [0.05, 0.1) is 5.56 Å². The number of hydrogen-bond donors (Lipinski definition) is 1. The highest BCUT2D eigenvalue weighted by atomic mass is 16.1. The van der Waals surface area contributed by atoms with Crippen LogP contribution in [-0.2, 0) is 6.54 Å². The third-order valence-electron chi connectivity index (χ3n) is 4.67. The molecule has 1 saturated heterocycles. The molecular weight excluding hydrogens is 304 g/mol. The molecule has 1 aliphatic heterocycles. The molecule has 1 saturated carbocycles. The molecule has 7 nitrogen and oxygen atoms in total. The number of rotatable bonds is 6. The zero-order valence-corrected chi connectivity index (χ0v) is 13.7. The third-order valence-corrected chi connectivity index (χ3v) is 4.67. The number of hydrogen-bond acceptors (Lipinski definition) is 5. The topological polar surface area (TPSA) is 75.9 Å². The van der Waals surface area contributed by atoms with Crippen molar-refractivity contribution < 1.29 is 4.79 Å². The summed E-state index contributed by atoms with van der Waals surface area (Å²) in [6.45, 7) is 3.37. The normalized spacial score (nSPS) is 17.2. The third kappa shape index (κ3) is 3.25. The lowest BCUT2D eigenvalue weighted by atomic mass is 10.2. The first-order valence-corrected chi connectivity index (χ1v) is 8.68. The molecule has 1 amide bonds. The molecule has 24 heavy (non-hydrogen) atoms. The number of pyridine rings is 1. The highest BCUT2D eigenvalue weighted by Crippen LogP contribution is 2.38. The van der Waals surface area contributed by atoms with Gasteiger partial charge >= 0.3 is 0 Å². The van der Waals surface area contributed by atoms with E-state index in [1.54, 1.807) is 12.5 Å². The van der Waals surface area contributed by atoms with Crippen molar-refractivity contribution in [2.24, 2.45) is 0 Å². The highest BCUT2D eigenvalue weighted by molar-refractivity contribution is 5.94. The first-order chi connectivity index (χ1) is 11.8. The Labute approximate surface area is 141 Å². The van der Waals surface area contributed by atoms with Crippen molar-refractivity contribution in [2.75, 3.05) is 24.5 Å². The summed E-state index contributed by atoms with van der Waals surface area (Å²) in [5.41, 5.74) is 0.601. The van der Waals surface area contributed by atoms with Crippen molar-refractivity contribution in [3.8, 4) is 0 Å². The van der Waals surface area contributed by atoms with Gasteiger partial charge in [-0.25, -0.2) is 4.98 Å². The van der Waals surface area contributed by atoms with E-state index in [1.807, 2.05) is 16.7 Å². The fourth-order valence-corrected chi connectivity index (χ4v) is 3.14. The number of amides is 1. The minimum Gasteiger partial charge on any atom is -0.357 e. The average Bonchev–Trinajstić information content (AvgIpc) is 3.12. The zero-order chi connectivity index (χ0) is 16.4. The number of anilines is 1. The van der Waals surface area contributed by atoms with Crippen molar-refractivity contribution in [1.29, 1.82) is 0 Å². The predicted molar refractivity (Wildman–Crippen MR) is 90.0 cm³/mol. The molecule has 2 aromatic rings. The Morgan fingerprint density at radius 1 is 1.25 bits per heavy atom. The standard InChI is InChI=1S/C17H22N6O/c24-17(14-5-6-15(19-11-14)22-8-1-2-9-22)18-7-10-23-12-20-21-16(23)13-3-4-13/h5-6,11-13H,1-4,7-10H2,(H,18,24). The van der Waals surface area contributed by atoms with Gasteiger partial charge in [-0.05, 0) is 37.8 Å². The predicted octanol–water partition coefficient (Wildman–Crippen LogP) is 1.58. The van der Waals surface area contributed by atoms with Gasteiger partial charge in [-0.3, -0.25) is 4.79 Å². The van der Waals surface area contributed by atoms with E-state index in [0.717, 1.165) is 24.7 Å². The van der Waals surface area contributed by atoms with Gasteiger partial charge in [-0.15, -0.1) is 10.2 Å². The van der Waals surface area contributed by atoms with E-state index in [4.69, 9.17) is 0 Å². The summed E-state index contributed by atoms with van der Waals surface area (Å²) >= 11 is 0. The molecule has 0 atom stereocenters. The smallest absolute Gasteiger partial charge is 0.252 e. The first kappa shape index (κ1) is 15.1. The minimum atomic E-state index is -0.0866. The molecular formula is C17H22N6O. The molecule has 0 radical (unpaired) electrons. The second-order valence-electron chi connectivity index (χ2n) is 6.51. The van der Waals surface area contributed by atoms with Crippen molar-refractivity contribution in [3.05, 3.63) is 36.0 Å². The average molecular weight is 326 g/mol. The molecule has 1 N–H and O–H groups in total. The number of aromatic nitrogens is 4. The van der Waals surface area contributed by atoms with Crippen LogP contribution in [0.3, 0.4) is 0 Å². The van der Waals surface area contributed by atoms with E-state index in [-0.39, 0.29) is 5.91 Å². The van der Waals surface area contributed by atoms with Crippen LogP contribution < -0.4 is 10.2 Å². The number of nitrogens with zero attached hydrogens (tertiary/aromatic N) is 5. The molecule has 0 aromatic carbocycles. The highest BCUT2D eigenvalue weighted by Gasteiger charge is 2.28. The lowest BCUT2D eigenvalue weighted by Crippen LogP contribution is -2.28. The van der Waals surface area contributed by atoms with Crippen LogP contribution >= 0.6 is 0 Å². The lowest BCUT2D eigenvalue weighted by molar-refractivity contribution is 0.0952. The van der Waals surface area contributed by atoms with Gasteiger partial charge in [-0.1, -0.05) is 0 Å². The Bertz CT molecular complexity index is 700. The van der Waals surface area contributed by atoms with Crippen LogP contribution in [0.15, 0.2) is 24.7 Å². The molecule has 2 aliphatic rings. The maximum atomic E-state index is 12.2. The number of carbonyl (C=O) groups excluding carboxylic acids is 1. The Kier molecular flexibility index (Phi) is 4.15. The monoisotopic (exact) mass is 326 g/mol. The van der Waals surface area contributed by atoms with Crippen LogP contribution in [0.1, 0.15) is 47.8 Å². The van der Waals surface area contributed by atoms with E-state index in [2.05, 4.69) is 25.4 Å². The molecule has 0 unspecified atom stereocenters. The molecule has 1 aliphatic carbocycles. The Balaban J connectivity index is 1.30. The fourth-order valence-electron chi connectivity index (χ4n) is 3.14. The van der Waals surface area contributed by atoms with E-state index in [9.17, 15) is 4.79 Å². The van der Waals surface area contributed by atoms with Crippen LogP contribution in [0.5, 0.6) is 0 Å². The van der Waals surface area contributed by atoms with Gasteiger partial charge < -0.3 is 14.8 Å². The molecule has 0 spiro atoms. The van der Waals surface area contributed by atoms with E-state index in [0.29, 0.717) is 24.6 Å². The fraction of sp³-hybridized carbons (Fsp3) is 0.529. The summed E-state index contributed by atoms with van der Waals surface area (Å²) < 4.78 is 2.03. The molecule has 0 bridgehead atoms. The zero-order valence-electron chi connectivity index (χ0n) is 13.7. The van der Waals surface area contributed by atoms with Crippen LogP contribution in [0.2, 0.25) is 0 Å². The molecule has 2 aromatic heterocycles. The van der Waals surface area contributed by atoms with Crippen molar-refractivity contribution in [2.45, 2.75) is 38.1 Å². The largest absolute Gasteiger partial charge is 0.357 e. The molecule has 3 heterocycles. The van der Waals surface area contributed by atoms with Crippen LogP contribution in [0, 0.1) is 0 Å². The molecule has 126 valence electrons. The number of nitrogens with one attached hydrogen (secondary N) is 1. The summed E-state index contributed by atoms with van der Waals surface area (Å²) in [7, 11) is 0. The Morgan fingerprint density at radius 3 is 2.79 bits per heavy atom. The van der Waals surface area contributed by atoms with E-state index < -0.39 is 0 Å². The van der Waals surface area contributed by atoms with Gasteiger partial charge in [0.15, 0.2) is 0 Å². The van der Waals surface area contributed by atoms with E-state index >= 15 is 0 Å². The molecule has 2 fully saturated rings. The maximum absolute atomic E-state index is 12.2. The van der Waals surface area contributed by atoms with Crippen LogP contribution in [-0.4, -0.2) is 45.3 Å². The Morgan fingerprint density at radius 2 is 2.08 bits per heavy atom. The lowest BCUT2D eigenvalue weighted by Gasteiger charge is -2.16. The summed E-state index contributed by atoms with van der Waals surface area (Å²) in [6.07, 6.45) is 8.23. The van der Waals surface area contributed by atoms with Gasteiger partial charge in [0.25, 0.3) is 5.91 Å². The SMILES string of the molecule is O=C(NCCn1cnnc1C1CC1)c1ccc(N2CCCC2)nc1. The van der Waals surface area contributed by atoms with Crippen LogP contribution in [0.25, 0.3) is 0 Å². The van der Waals surface area contributed by atoms with Gasteiger partial charge in [-0.2, -0.15) is 0 Å². The summed E-state index contributed by atoms with van der Waals surface area (Å²) in [6, 6.07) is 3.79. The maximum Gasteiger partial charge on any atom is 0.252 e. The summed E-state index contributed by atoms with van der Waals surface area (Å²) in [5, 5.41) is 11.1. The van der Waals surface area contributed by atoms with Gasteiger partial charge in [0, 0.05) is 38.3 Å². The molecule has 7 heteroatoms. The van der Waals surface area contributed by atoms with Crippen molar-refractivity contribution in [3.63, 3.8) is 0 Å². The summed E-state index contributed by atoms with van der Waals surface area (Å²) in [5.74, 6) is 2.48. The van der Waals surface area contributed by atoms with Crippen molar-refractivity contribution >= 4 is 11.7 Å². The molecule has 4 rings (SSSR count). The first-order valence-electron chi connectivity index (χ1n) is 8.68. The van der Waals surface area contributed by atoms with Crippen molar-refractivity contribution in [1.82, 2.24) is 25.1 Å².